The van der Waals surface area contributed by atoms with Gasteiger partial charge in [-0.05, 0) is 26.2 Å². The number of aliphatic carboxylic acids is 3. The monoisotopic (exact) mass is 360 g/mol. The highest BCUT2D eigenvalue weighted by molar-refractivity contribution is 6.06. The Balaban J connectivity index is 6.95. The van der Waals surface area contributed by atoms with Crippen molar-refractivity contribution in [1.29, 1.82) is 0 Å². The summed E-state index contributed by atoms with van der Waals surface area (Å²) < 4.78 is 5.48. The SMILES string of the molecule is CCCOC(C(=O)O)(C(C(C)=O)C(=O)O)C(CCC)(CCC)C(=O)O. The Morgan fingerprint density at radius 1 is 0.880 bits per heavy atom. The molecular weight excluding hydrogens is 332 g/mol. The average Bonchev–Trinajstić information content (AvgIpc) is 2.49. The maximum absolute atomic E-state index is 12.3. The molecule has 0 saturated heterocycles. The zero-order valence-corrected chi connectivity index (χ0v) is 15.2. The van der Waals surface area contributed by atoms with Crippen LogP contribution in [-0.4, -0.2) is 51.2 Å². The average molecular weight is 360 g/mol. The third kappa shape index (κ3) is 4.18. The summed E-state index contributed by atoms with van der Waals surface area (Å²) in [5, 5.41) is 29.4. The molecule has 0 fully saturated rings. The molecule has 144 valence electrons. The molecule has 0 spiro atoms. The number of rotatable bonds is 13. The topological polar surface area (TPSA) is 138 Å². The summed E-state index contributed by atoms with van der Waals surface area (Å²) in [5.41, 5.74) is -4.72. The first kappa shape index (κ1) is 23.0. The fourth-order valence-electron chi connectivity index (χ4n) is 3.51. The van der Waals surface area contributed by atoms with Crippen molar-refractivity contribution in [2.75, 3.05) is 6.61 Å². The summed E-state index contributed by atoms with van der Waals surface area (Å²) in [6.45, 7) is 5.78. The van der Waals surface area contributed by atoms with E-state index in [0.29, 0.717) is 19.3 Å². The maximum atomic E-state index is 12.3. The predicted molar refractivity (Wildman–Crippen MR) is 88.3 cm³/mol. The van der Waals surface area contributed by atoms with Crippen LogP contribution >= 0.6 is 0 Å². The molecule has 0 heterocycles. The Kier molecular flexibility index (Phi) is 8.76. The minimum atomic E-state index is -2.68. The molecule has 25 heavy (non-hydrogen) atoms. The smallest absolute Gasteiger partial charge is 0.338 e. The van der Waals surface area contributed by atoms with Gasteiger partial charge in [-0.15, -0.1) is 0 Å². The minimum absolute atomic E-state index is 0.122. The van der Waals surface area contributed by atoms with Crippen LogP contribution in [-0.2, 0) is 23.9 Å². The molecule has 2 atom stereocenters. The largest absolute Gasteiger partial charge is 0.481 e. The van der Waals surface area contributed by atoms with Crippen molar-refractivity contribution in [3.63, 3.8) is 0 Å². The Morgan fingerprint density at radius 3 is 1.60 bits per heavy atom. The van der Waals surface area contributed by atoms with Crippen molar-refractivity contribution in [3.8, 4) is 0 Å². The van der Waals surface area contributed by atoms with Gasteiger partial charge in [0, 0.05) is 6.61 Å². The third-order valence-corrected chi connectivity index (χ3v) is 4.39. The second-order valence-corrected chi connectivity index (χ2v) is 6.16. The van der Waals surface area contributed by atoms with E-state index in [9.17, 15) is 34.5 Å². The van der Waals surface area contributed by atoms with Gasteiger partial charge in [-0.2, -0.15) is 0 Å². The van der Waals surface area contributed by atoms with Crippen LogP contribution in [0.3, 0.4) is 0 Å². The Morgan fingerprint density at radius 2 is 1.36 bits per heavy atom. The summed E-state index contributed by atoms with van der Waals surface area (Å²) >= 11 is 0. The lowest BCUT2D eigenvalue weighted by molar-refractivity contribution is -0.219. The molecule has 0 aliphatic heterocycles. The van der Waals surface area contributed by atoms with Gasteiger partial charge in [-0.3, -0.25) is 14.4 Å². The van der Waals surface area contributed by atoms with Crippen molar-refractivity contribution in [2.45, 2.75) is 65.4 Å². The highest BCUT2D eigenvalue weighted by Gasteiger charge is 2.68. The Hall–Kier alpha value is -1.96. The van der Waals surface area contributed by atoms with Crippen LogP contribution in [0.4, 0.5) is 0 Å². The molecule has 8 nitrogen and oxygen atoms in total. The second kappa shape index (κ2) is 9.50. The third-order valence-electron chi connectivity index (χ3n) is 4.39. The summed E-state index contributed by atoms with van der Waals surface area (Å²) in [6, 6.07) is 0. The molecule has 2 unspecified atom stereocenters. The normalized spacial score (nSPS) is 15.2. The summed E-state index contributed by atoms with van der Waals surface area (Å²) in [7, 11) is 0. The first-order valence-corrected chi connectivity index (χ1v) is 8.42. The van der Waals surface area contributed by atoms with Gasteiger partial charge in [-0.1, -0.05) is 33.6 Å². The van der Waals surface area contributed by atoms with Crippen molar-refractivity contribution in [1.82, 2.24) is 0 Å². The number of Topliss-reactive ketones (excluding diaryl/α,β-unsaturated/α-hetero) is 1. The van der Waals surface area contributed by atoms with Gasteiger partial charge >= 0.3 is 17.9 Å². The standard InChI is InChI=1S/C17H28O8/c1-5-8-16(9-6-2,14(21)22)17(15(23)24,25-10-7-3)12(11(4)18)13(19)20/h12H,5-10H2,1-4H3,(H,19,20)(H,21,22)(H,23,24). The molecule has 0 aromatic heterocycles. The Bertz CT molecular complexity index is 493. The van der Waals surface area contributed by atoms with E-state index in [-0.39, 0.29) is 19.4 Å². The van der Waals surface area contributed by atoms with Gasteiger partial charge in [0.2, 0.25) is 5.60 Å². The molecule has 0 saturated carbocycles. The second-order valence-electron chi connectivity index (χ2n) is 6.16. The van der Waals surface area contributed by atoms with E-state index >= 15 is 0 Å². The highest BCUT2D eigenvalue weighted by atomic mass is 16.5. The number of carboxylic acid groups (broad SMARTS) is 3. The van der Waals surface area contributed by atoms with Gasteiger partial charge in [0.1, 0.15) is 11.2 Å². The van der Waals surface area contributed by atoms with E-state index in [0.717, 1.165) is 6.92 Å². The molecule has 0 rings (SSSR count). The van der Waals surface area contributed by atoms with Crippen LogP contribution in [0.15, 0.2) is 0 Å². The Labute approximate surface area is 147 Å². The van der Waals surface area contributed by atoms with Crippen molar-refractivity contribution >= 4 is 23.7 Å². The lowest BCUT2D eigenvalue weighted by Crippen LogP contribution is -2.67. The number of carbonyl (C=O) groups excluding carboxylic acids is 1. The van der Waals surface area contributed by atoms with Gasteiger partial charge in [0.25, 0.3) is 0 Å². The summed E-state index contributed by atoms with van der Waals surface area (Å²) in [6.07, 6.45) is 0.682. The van der Waals surface area contributed by atoms with E-state index in [1.165, 1.54) is 0 Å². The molecule has 0 aliphatic carbocycles. The van der Waals surface area contributed by atoms with Crippen LogP contribution in [0.2, 0.25) is 0 Å². The van der Waals surface area contributed by atoms with Gasteiger partial charge in [0.15, 0.2) is 5.92 Å². The number of hydrogen-bond donors (Lipinski definition) is 3. The summed E-state index contributed by atoms with van der Waals surface area (Å²) in [5.74, 6) is -7.99. The lowest BCUT2D eigenvalue weighted by Gasteiger charge is -2.46. The van der Waals surface area contributed by atoms with E-state index in [1.54, 1.807) is 20.8 Å². The molecule has 0 aromatic rings. The van der Waals surface area contributed by atoms with Crippen molar-refractivity contribution in [3.05, 3.63) is 0 Å². The van der Waals surface area contributed by atoms with Gasteiger partial charge < -0.3 is 20.1 Å². The molecule has 0 aromatic carbocycles. The predicted octanol–water partition coefficient (Wildman–Crippen LogP) is 2.20. The first-order chi connectivity index (χ1) is 11.6. The molecule has 0 bridgehead atoms. The number of ether oxygens (including phenoxy) is 1. The van der Waals surface area contributed by atoms with Crippen molar-refractivity contribution < 1.29 is 39.2 Å². The first-order valence-electron chi connectivity index (χ1n) is 8.42. The molecule has 3 N–H and O–H groups in total. The minimum Gasteiger partial charge on any atom is -0.481 e. The highest BCUT2D eigenvalue weighted by Crippen LogP contribution is 2.49. The maximum Gasteiger partial charge on any atom is 0.338 e. The van der Waals surface area contributed by atoms with E-state index < -0.39 is 40.6 Å². The molecule has 0 amide bonds. The van der Waals surface area contributed by atoms with Crippen LogP contribution in [0, 0.1) is 11.3 Å². The zero-order chi connectivity index (χ0) is 19.8. The number of carbonyl (C=O) groups is 4. The number of hydrogen-bond acceptors (Lipinski definition) is 5. The molecule has 0 radical (unpaired) electrons. The molecule has 8 heteroatoms. The van der Waals surface area contributed by atoms with Crippen molar-refractivity contribution in [2.24, 2.45) is 11.3 Å². The fraction of sp³-hybridized carbons (Fsp3) is 0.765. The van der Waals surface area contributed by atoms with Crippen LogP contribution < -0.4 is 0 Å². The van der Waals surface area contributed by atoms with Gasteiger partial charge in [0.05, 0.1) is 0 Å². The summed E-state index contributed by atoms with van der Waals surface area (Å²) in [4.78, 5) is 48.3. The van der Waals surface area contributed by atoms with E-state index in [1.807, 2.05) is 0 Å². The molecule has 0 aliphatic rings. The van der Waals surface area contributed by atoms with E-state index in [2.05, 4.69) is 0 Å². The van der Waals surface area contributed by atoms with Gasteiger partial charge in [-0.25, -0.2) is 4.79 Å². The fourth-order valence-corrected chi connectivity index (χ4v) is 3.51. The van der Waals surface area contributed by atoms with Crippen LogP contribution in [0.1, 0.15) is 59.8 Å². The van der Waals surface area contributed by atoms with Crippen LogP contribution in [0.5, 0.6) is 0 Å². The number of carboxylic acids is 3. The quantitative estimate of drug-likeness (QED) is 0.425. The lowest BCUT2D eigenvalue weighted by atomic mass is 9.60. The van der Waals surface area contributed by atoms with E-state index in [4.69, 9.17) is 4.74 Å². The number of ketones is 1. The van der Waals surface area contributed by atoms with Crippen LogP contribution in [0.25, 0.3) is 0 Å². The zero-order valence-electron chi connectivity index (χ0n) is 15.2. The molecular formula is C17H28O8.